The third kappa shape index (κ3) is 28.0. The number of primary amides is 1. The zero-order valence-corrected chi connectivity index (χ0v) is 35.7. The maximum absolute atomic E-state index is 13.1. The Morgan fingerprint density at radius 1 is 0.649 bits per heavy atom. The van der Waals surface area contributed by atoms with Gasteiger partial charge in [-0.15, -0.1) is 0 Å². The Kier molecular flexibility index (Phi) is 27.6. The van der Waals surface area contributed by atoms with E-state index in [1.54, 1.807) is 20.8 Å². The Hall–Kier alpha value is -4.16. The Balaban J connectivity index is 2.44. The molecule has 0 aliphatic rings. The summed E-state index contributed by atoms with van der Waals surface area (Å²) in [5.41, 5.74) is 5.52. The fraction of sp³-hybridized carbons (Fsp3) is 0.727. The normalized spacial score (nSPS) is 12.8. The van der Waals surface area contributed by atoms with E-state index >= 15 is 0 Å². The van der Waals surface area contributed by atoms with Crippen molar-refractivity contribution in [2.24, 2.45) is 5.73 Å². The molecule has 6 N–H and O–H groups in total. The van der Waals surface area contributed by atoms with Gasteiger partial charge in [-0.25, -0.2) is 9.59 Å². The number of alkyl carbamates (subject to hydrolysis) is 1. The first kappa shape index (κ1) is 50.9. The Morgan fingerprint density at radius 3 is 1.75 bits per heavy atom. The monoisotopic (exact) mass is 802 g/mol. The number of nitrogens with two attached hydrogens (primary N) is 1. The predicted octanol–water partition coefficient (Wildman–Crippen LogP) is 7.43. The number of rotatable bonds is 32. The highest BCUT2D eigenvalue weighted by Crippen LogP contribution is 2.14. The van der Waals surface area contributed by atoms with E-state index in [-0.39, 0.29) is 31.8 Å². The average molecular weight is 802 g/mol. The van der Waals surface area contributed by atoms with Crippen LogP contribution in [0.4, 0.5) is 4.79 Å². The first-order valence-corrected chi connectivity index (χ1v) is 21.6. The van der Waals surface area contributed by atoms with Crippen LogP contribution in [0.1, 0.15) is 175 Å². The minimum atomic E-state index is -1.20. The maximum atomic E-state index is 13.1. The molecule has 324 valence electrons. The number of esters is 1. The van der Waals surface area contributed by atoms with Crippen LogP contribution in [-0.4, -0.2) is 66.0 Å². The van der Waals surface area contributed by atoms with Crippen molar-refractivity contribution in [1.82, 2.24) is 21.3 Å². The van der Waals surface area contributed by atoms with Gasteiger partial charge in [-0.1, -0.05) is 127 Å². The van der Waals surface area contributed by atoms with E-state index in [1.807, 2.05) is 30.3 Å². The lowest BCUT2D eigenvalue weighted by atomic mass is 10.0. The molecule has 1 aromatic rings. The maximum Gasteiger partial charge on any atom is 0.408 e. The third-order valence-electron chi connectivity index (χ3n) is 9.54. The molecule has 13 heteroatoms. The molecule has 0 aliphatic carbocycles. The van der Waals surface area contributed by atoms with Crippen molar-refractivity contribution in [2.75, 3.05) is 6.54 Å². The van der Waals surface area contributed by atoms with Crippen LogP contribution in [0.5, 0.6) is 0 Å². The Labute approximate surface area is 342 Å². The van der Waals surface area contributed by atoms with Gasteiger partial charge < -0.3 is 36.5 Å². The van der Waals surface area contributed by atoms with Crippen molar-refractivity contribution in [3.63, 3.8) is 0 Å². The summed E-state index contributed by atoms with van der Waals surface area (Å²) in [6.45, 7) is 9.21. The number of carbonyl (C=O) groups excluding carboxylic acids is 6. The van der Waals surface area contributed by atoms with Gasteiger partial charge >= 0.3 is 12.1 Å². The summed E-state index contributed by atoms with van der Waals surface area (Å²) in [7, 11) is 0. The largest absolute Gasteiger partial charge is 0.459 e. The van der Waals surface area contributed by atoms with Crippen LogP contribution in [0.25, 0.3) is 0 Å². The molecule has 0 saturated heterocycles. The highest BCUT2D eigenvalue weighted by Gasteiger charge is 2.27. The van der Waals surface area contributed by atoms with Gasteiger partial charge in [0.2, 0.25) is 23.6 Å². The zero-order chi connectivity index (χ0) is 42.3. The van der Waals surface area contributed by atoms with Crippen molar-refractivity contribution in [3.8, 4) is 0 Å². The van der Waals surface area contributed by atoms with Gasteiger partial charge in [-0.2, -0.15) is 0 Å². The lowest BCUT2D eigenvalue weighted by molar-refractivity contribution is -0.149. The van der Waals surface area contributed by atoms with E-state index < -0.39 is 53.5 Å². The molecule has 3 atom stereocenters. The van der Waals surface area contributed by atoms with E-state index in [0.29, 0.717) is 25.8 Å². The molecule has 0 spiro atoms. The van der Waals surface area contributed by atoms with Crippen LogP contribution >= 0.6 is 0 Å². The van der Waals surface area contributed by atoms with Gasteiger partial charge in [-0.3, -0.25) is 19.2 Å². The van der Waals surface area contributed by atoms with Crippen LogP contribution in [0.15, 0.2) is 30.3 Å². The number of nitrogens with one attached hydrogen (secondary N) is 4. The number of amides is 5. The summed E-state index contributed by atoms with van der Waals surface area (Å²) in [6.07, 6.45) is 19.9. The smallest absolute Gasteiger partial charge is 0.408 e. The Bertz CT molecular complexity index is 1300. The molecule has 1 rings (SSSR count). The second kappa shape index (κ2) is 30.9. The van der Waals surface area contributed by atoms with E-state index in [9.17, 15) is 28.8 Å². The van der Waals surface area contributed by atoms with E-state index in [2.05, 4.69) is 28.2 Å². The standard InChI is InChI=1S/C44H75N5O8/c1-6-7-8-9-10-11-12-13-14-15-16-17-18-19-23-29-38(50)46-32-25-24-28-37(42(54)56-33-35-26-21-20-22-27-35)48-39(51)31-30-36(40(45)52)49-41(53)34(2)47-43(55)57-44(3,4)5/h20-22,26-27,34,36-37H,6-19,23-25,28-33H2,1-5H3,(H2,45,52)(H,46,50)(H,47,55)(H,48,51)(H,49,53)/t34-,36+,37-/m0/s1. The van der Waals surface area contributed by atoms with Crippen molar-refractivity contribution in [2.45, 2.75) is 200 Å². The molecule has 57 heavy (non-hydrogen) atoms. The number of hydrogen-bond acceptors (Lipinski definition) is 8. The molecule has 5 amide bonds. The third-order valence-corrected chi connectivity index (χ3v) is 9.54. The highest BCUT2D eigenvalue weighted by molar-refractivity contribution is 5.91. The van der Waals surface area contributed by atoms with Crippen LogP contribution < -0.4 is 27.0 Å². The van der Waals surface area contributed by atoms with Crippen molar-refractivity contribution in [1.29, 1.82) is 0 Å². The van der Waals surface area contributed by atoms with Gasteiger partial charge in [-0.05, 0) is 65.4 Å². The number of hydrogen-bond donors (Lipinski definition) is 5. The van der Waals surface area contributed by atoms with E-state index in [1.165, 1.54) is 84.0 Å². The minimum absolute atomic E-state index is 0.0166. The molecule has 0 aromatic heterocycles. The molecule has 0 heterocycles. The zero-order valence-electron chi connectivity index (χ0n) is 35.7. The molecule has 0 saturated carbocycles. The number of carbonyl (C=O) groups is 6. The minimum Gasteiger partial charge on any atom is -0.459 e. The van der Waals surface area contributed by atoms with Gasteiger partial charge in [0.05, 0.1) is 0 Å². The quantitative estimate of drug-likeness (QED) is 0.0367. The molecule has 0 bridgehead atoms. The van der Waals surface area contributed by atoms with Crippen LogP contribution in [0, 0.1) is 0 Å². The number of ether oxygens (including phenoxy) is 2. The molecule has 0 radical (unpaired) electrons. The average Bonchev–Trinajstić information content (AvgIpc) is 3.15. The first-order valence-electron chi connectivity index (χ1n) is 21.6. The van der Waals surface area contributed by atoms with Gasteiger partial charge in [0.1, 0.15) is 30.3 Å². The van der Waals surface area contributed by atoms with E-state index in [4.69, 9.17) is 15.2 Å². The van der Waals surface area contributed by atoms with Crippen LogP contribution in [0.2, 0.25) is 0 Å². The molecule has 0 unspecified atom stereocenters. The molecule has 1 aromatic carbocycles. The molecular weight excluding hydrogens is 727 g/mol. The topological polar surface area (TPSA) is 195 Å². The van der Waals surface area contributed by atoms with Crippen molar-refractivity contribution in [3.05, 3.63) is 35.9 Å². The number of benzene rings is 1. The van der Waals surface area contributed by atoms with Crippen molar-refractivity contribution >= 4 is 35.7 Å². The molecule has 13 nitrogen and oxygen atoms in total. The predicted molar refractivity (Wildman–Crippen MR) is 224 cm³/mol. The number of unbranched alkanes of at least 4 members (excludes halogenated alkanes) is 15. The van der Waals surface area contributed by atoms with Crippen molar-refractivity contribution < 1.29 is 38.2 Å². The molecule has 0 aliphatic heterocycles. The van der Waals surface area contributed by atoms with Crippen LogP contribution in [0.3, 0.4) is 0 Å². The fourth-order valence-electron chi connectivity index (χ4n) is 6.20. The Morgan fingerprint density at radius 2 is 1.21 bits per heavy atom. The van der Waals surface area contributed by atoms with E-state index in [0.717, 1.165) is 24.8 Å². The summed E-state index contributed by atoms with van der Waals surface area (Å²) >= 11 is 0. The summed E-state index contributed by atoms with van der Waals surface area (Å²) in [5, 5.41) is 10.5. The second-order valence-electron chi connectivity index (χ2n) is 16.1. The molecule has 0 fully saturated rings. The lowest BCUT2D eigenvalue weighted by Crippen LogP contribution is -2.52. The van der Waals surface area contributed by atoms with Crippen LogP contribution in [-0.2, 0) is 40.1 Å². The first-order chi connectivity index (χ1) is 27.2. The van der Waals surface area contributed by atoms with Gasteiger partial charge in [0, 0.05) is 19.4 Å². The summed E-state index contributed by atoms with van der Waals surface area (Å²) in [5.74, 6) is -2.67. The summed E-state index contributed by atoms with van der Waals surface area (Å²) in [6, 6.07) is 5.96. The molecular formula is C44H75N5O8. The van der Waals surface area contributed by atoms with Gasteiger partial charge in [0.15, 0.2) is 0 Å². The summed E-state index contributed by atoms with van der Waals surface area (Å²) in [4.78, 5) is 75.3. The van der Waals surface area contributed by atoms with Gasteiger partial charge in [0.25, 0.3) is 0 Å². The highest BCUT2D eigenvalue weighted by atomic mass is 16.6. The summed E-state index contributed by atoms with van der Waals surface area (Å²) < 4.78 is 10.7. The SMILES string of the molecule is CCCCCCCCCCCCCCCCCC(=O)NCCCC[C@H](NC(=O)CC[C@@H](NC(=O)[C@H](C)NC(=O)OC(C)(C)C)C(N)=O)C(=O)OCc1ccccc1. The fourth-order valence-corrected chi connectivity index (χ4v) is 6.20. The second-order valence-corrected chi connectivity index (χ2v) is 16.1. The lowest BCUT2D eigenvalue weighted by Gasteiger charge is -2.23.